The Labute approximate surface area is 123 Å². The fraction of sp³-hybridized carbons (Fsp3) is 0.938. The number of carbonyl (C=O) groups is 1. The van der Waals surface area contributed by atoms with E-state index in [9.17, 15) is 4.79 Å². The van der Waals surface area contributed by atoms with Crippen LogP contribution in [0.4, 0.5) is 0 Å². The lowest BCUT2D eigenvalue weighted by Gasteiger charge is -2.35. The van der Waals surface area contributed by atoms with Crippen LogP contribution in [0, 0.1) is 0 Å². The van der Waals surface area contributed by atoms with Crippen LogP contribution in [-0.2, 0) is 9.53 Å². The van der Waals surface area contributed by atoms with Crippen LogP contribution in [0.1, 0.15) is 58.3 Å². The molecule has 4 heteroatoms. The van der Waals surface area contributed by atoms with Gasteiger partial charge in [-0.2, -0.15) is 0 Å². The molecule has 116 valence electrons. The lowest BCUT2D eigenvalue weighted by Crippen LogP contribution is -2.45. The molecular weight excluding hydrogens is 252 g/mol. The number of piperidine rings is 1. The molecule has 2 aliphatic rings. The number of ether oxygens (including phenoxy) is 1. The van der Waals surface area contributed by atoms with E-state index in [1.165, 1.54) is 45.2 Å². The summed E-state index contributed by atoms with van der Waals surface area (Å²) in [5, 5.41) is 3.70. The number of unbranched alkanes of at least 4 members (excludes halogenated alkanes) is 2. The zero-order valence-electron chi connectivity index (χ0n) is 12.9. The maximum Gasteiger partial charge on any atom is 0.305 e. The summed E-state index contributed by atoms with van der Waals surface area (Å²) in [4.78, 5) is 13.9. The van der Waals surface area contributed by atoms with Crippen molar-refractivity contribution >= 4 is 5.97 Å². The first-order valence-electron chi connectivity index (χ1n) is 8.42. The molecular formula is C16H30N2O2. The highest BCUT2D eigenvalue weighted by Gasteiger charge is 2.31. The van der Waals surface area contributed by atoms with Gasteiger partial charge in [-0.15, -0.1) is 0 Å². The van der Waals surface area contributed by atoms with Gasteiger partial charge in [0.2, 0.25) is 0 Å². The molecule has 0 radical (unpaired) electrons. The fourth-order valence-electron chi connectivity index (χ4n) is 3.52. The van der Waals surface area contributed by atoms with Gasteiger partial charge in [0.1, 0.15) is 0 Å². The average molecular weight is 282 g/mol. The van der Waals surface area contributed by atoms with E-state index in [2.05, 4.69) is 10.2 Å². The molecule has 0 bridgehead atoms. The van der Waals surface area contributed by atoms with Crippen molar-refractivity contribution in [2.45, 2.75) is 70.4 Å². The Kier molecular flexibility index (Phi) is 6.80. The van der Waals surface area contributed by atoms with Gasteiger partial charge in [-0.05, 0) is 65.1 Å². The lowest BCUT2D eigenvalue weighted by molar-refractivity contribution is -0.143. The first kappa shape index (κ1) is 15.8. The lowest BCUT2D eigenvalue weighted by atomic mass is 9.97. The molecule has 0 aromatic carbocycles. The van der Waals surface area contributed by atoms with Crippen molar-refractivity contribution in [2.24, 2.45) is 0 Å². The average Bonchev–Trinajstić information content (AvgIpc) is 2.90. The molecule has 2 atom stereocenters. The number of nitrogens with one attached hydrogen (secondary N) is 1. The van der Waals surface area contributed by atoms with Gasteiger partial charge >= 0.3 is 5.97 Å². The van der Waals surface area contributed by atoms with Crippen molar-refractivity contribution in [3.05, 3.63) is 0 Å². The van der Waals surface area contributed by atoms with Crippen molar-refractivity contribution in [3.8, 4) is 0 Å². The van der Waals surface area contributed by atoms with E-state index >= 15 is 0 Å². The second kappa shape index (κ2) is 8.63. The van der Waals surface area contributed by atoms with E-state index in [-0.39, 0.29) is 5.97 Å². The number of esters is 1. The van der Waals surface area contributed by atoms with Crippen LogP contribution in [0.3, 0.4) is 0 Å². The van der Waals surface area contributed by atoms with Crippen molar-refractivity contribution in [2.75, 3.05) is 26.2 Å². The number of fused-ring (bicyclic) bond motifs is 1. The summed E-state index contributed by atoms with van der Waals surface area (Å²) in [6, 6.07) is 1.57. The molecule has 2 fully saturated rings. The van der Waals surface area contributed by atoms with E-state index in [1.807, 2.05) is 6.92 Å². The van der Waals surface area contributed by atoms with Crippen LogP contribution in [0.15, 0.2) is 0 Å². The van der Waals surface area contributed by atoms with Crippen molar-refractivity contribution < 1.29 is 9.53 Å². The second-order valence-electron chi connectivity index (χ2n) is 6.12. The van der Waals surface area contributed by atoms with Crippen LogP contribution >= 0.6 is 0 Å². The van der Waals surface area contributed by atoms with Crippen molar-refractivity contribution in [1.29, 1.82) is 0 Å². The Bertz CT molecular complexity index is 296. The van der Waals surface area contributed by atoms with Crippen LogP contribution in [0.2, 0.25) is 0 Å². The monoisotopic (exact) mass is 282 g/mol. The normalized spacial score (nSPS) is 26.4. The first-order valence-corrected chi connectivity index (χ1v) is 8.42. The predicted molar refractivity (Wildman–Crippen MR) is 80.7 cm³/mol. The molecule has 1 N–H and O–H groups in total. The molecule has 2 rings (SSSR count). The quantitative estimate of drug-likeness (QED) is 0.548. The third kappa shape index (κ3) is 5.06. The van der Waals surface area contributed by atoms with Gasteiger partial charge < -0.3 is 15.0 Å². The Hall–Kier alpha value is -0.610. The number of carbonyl (C=O) groups excluding carboxylic acids is 1. The third-order valence-electron chi connectivity index (χ3n) is 4.62. The topological polar surface area (TPSA) is 41.6 Å². The Morgan fingerprint density at radius 1 is 1.25 bits per heavy atom. The zero-order valence-corrected chi connectivity index (χ0v) is 12.9. The maximum atomic E-state index is 11.2. The van der Waals surface area contributed by atoms with Crippen LogP contribution < -0.4 is 5.32 Å². The molecule has 0 aromatic heterocycles. The summed E-state index contributed by atoms with van der Waals surface area (Å²) in [5.41, 5.74) is 0. The summed E-state index contributed by atoms with van der Waals surface area (Å²) in [6.07, 6.45) is 9.26. The van der Waals surface area contributed by atoms with E-state index in [0.29, 0.717) is 13.0 Å². The van der Waals surface area contributed by atoms with E-state index in [4.69, 9.17) is 4.74 Å². The van der Waals surface area contributed by atoms with Gasteiger partial charge in [0.05, 0.1) is 6.61 Å². The highest BCUT2D eigenvalue weighted by molar-refractivity contribution is 5.69. The van der Waals surface area contributed by atoms with Crippen molar-refractivity contribution in [1.82, 2.24) is 10.2 Å². The molecule has 0 saturated carbocycles. The van der Waals surface area contributed by atoms with Crippen LogP contribution in [-0.4, -0.2) is 49.2 Å². The Morgan fingerprint density at radius 3 is 3.00 bits per heavy atom. The fourth-order valence-corrected chi connectivity index (χ4v) is 3.52. The standard InChI is InChI=1S/C16H30N2O2/c1-2-20-16(19)8-4-3-5-10-17-14-9-12-18-11-6-7-15(18)13-14/h14-15,17H,2-13H2,1H3. The first-order chi connectivity index (χ1) is 9.79. The molecule has 2 aliphatic heterocycles. The van der Waals surface area contributed by atoms with Gasteiger partial charge in [-0.25, -0.2) is 0 Å². The third-order valence-corrected chi connectivity index (χ3v) is 4.62. The van der Waals surface area contributed by atoms with Gasteiger partial charge in [0.25, 0.3) is 0 Å². The number of nitrogens with zero attached hydrogens (tertiary/aromatic N) is 1. The summed E-state index contributed by atoms with van der Waals surface area (Å²) in [5.74, 6) is -0.0472. The molecule has 0 aliphatic carbocycles. The highest BCUT2D eigenvalue weighted by Crippen LogP contribution is 2.26. The number of hydrogen-bond acceptors (Lipinski definition) is 4. The Morgan fingerprint density at radius 2 is 2.15 bits per heavy atom. The van der Waals surface area contributed by atoms with E-state index in [0.717, 1.165) is 31.5 Å². The van der Waals surface area contributed by atoms with Crippen LogP contribution in [0.25, 0.3) is 0 Å². The number of rotatable bonds is 8. The van der Waals surface area contributed by atoms with E-state index < -0.39 is 0 Å². The largest absolute Gasteiger partial charge is 0.466 e. The smallest absolute Gasteiger partial charge is 0.305 e. The molecule has 2 saturated heterocycles. The number of hydrogen-bond donors (Lipinski definition) is 1. The minimum absolute atomic E-state index is 0.0472. The second-order valence-corrected chi connectivity index (χ2v) is 6.12. The van der Waals surface area contributed by atoms with Crippen LogP contribution in [0.5, 0.6) is 0 Å². The van der Waals surface area contributed by atoms with Crippen molar-refractivity contribution in [3.63, 3.8) is 0 Å². The van der Waals surface area contributed by atoms with Gasteiger partial charge in [0, 0.05) is 18.5 Å². The summed E-state index contributed by atoms with van der Waals surface area (Å²) >= 11 is 0. The summed E-state index contributed by atoms with van der Waals surface area (Å²) in [6.45, 7) is 6.06. The molecule has 0 amide bonds. The maximum absolute atomic E-state index is 11.2. The molecule has 2 heterocycles. The van der Waals surface area contributed by atoms with Gasteiger partial charge in [-0.1, -0.05) is 6.42 Å². The minimum Gasteiger partial charge on any atom is -0.466 e. The SMILES string of the molecule is CCOC(=O)CCCCCNC1CCN2CCCC2C1. The highest BCUT2D eigenvalue weighted by atomic mass is 16.5. The molecule has 0 aromatic rings. The van der Waals surface area contributed by atoms with Gasteiger partial charge in [-0.3, -0.25) is 4.79 Å². The Balaban J connectivity index is 1.46. The molecule has 0 spiro atoms. The summed E-state index contributed by atoms with van der Waals surface area (Å²) < 4.78 is 4.92. The summed E-state index contributed by atoms with van der Waals surface area (Å²) in [7, 11) is 0. The molecule has 20 heavy (non-hydrogen) atoms. The zero-order chi connectivity index (χ0) is 14.2. The predicted octanol–water partition coefficient (Wildman–Crippen LogP) is 2.33. The molecule has 2 unspecified atom stereocenters. The molecule has 4 nitrogen and oxygen atoms in total. The minimum atomic E-state index is -0.0472. The van der Waals surface area contributed by atoms with E-state index in [1.54, 1.807) is 0 Å². The van der Waals surface area contributed by atoms with Gasteiger partial charge in [0.15, 0.2) is 0 Å².